The fourth-order valence-corrected chi connectivity index (χ4v) is 54.8. The summed E-state index contributed by atoms with van der Waals surface area (Å²) in [5, 5.41) is 2.27. The lowest BCUT2D eigenvalue weighted by atomic mass is 9.65. The molecule has 0 aromatic rings. The molecule has 3 unspecified atom stereocenters. The maximum atomic E-state index is 2.94. The van der Waals surface area contributed by atoms with Gasteiger partial charge in [0.25, 0.3) is 0 Å². The van der Waals surface area contributed by atoms with Crippen molar-refractivity contribution in [3.05, 3.63) is 0 Å². The minimum absolute atomic E-state index is 0.0302. The molecule has 0 radical (unpaired) electrons. The molecule has 4 saturated carbocycles. The maximum Gasteiger partial charge on any atom is 0.0783 e. The van der Waals surface area contributed by atoms with Gasteiger partial charge in [-0.2, -0.15) is 0 Å². The normalized spacial score (nSPS) is 50.5. The molecular weight excluding hydrogens is 540 g/mol. The van der Waals surface area contributed by atoms with E-state index in [-0.39, 0.29) is 22.7 Å². The van der Waals surface area contributed by atoms with Crippen LogP contribution >= 0.6 is 41.9 Å². The third-order valence-electron chi connectivity index (χ3n) is 13.7. The van der Waals surface area contributed by atoms with Gasteiger partial charge in [-0.15, -0.1) is 11.4 Å². The quantitative estimate of drug-likeness (QED) is 0.293. The van der Waals surface area contributed by atoms with Crippen LogP contribution in [0.2, 0.25) is 0 Å². The van der Waals surface area contributed by atoms with E-state index >= 15 is 0 Å². The lowest BCUT2D eigenvalue weighted by Crippen LogP contribution is -2.48. The molecule has 206 valence electrons. The van der Waals surface area contributed by atoms with Gasteiger partial charge in [-0.05, 0) is 101 Å². The Bertz CT molecular complexity index is 998. The van der Waals surface area contributed by atoms with Gasteiger partial charge in [0.15, 0.2) is 0 Å². The van der Waals surface area contributed by atoms with Crippen LogP contribution in [0.5, 0.6) is 0 Å². The molecule has 0 N–H and O–H groups in total. The first-order valence-corrected chi connectivity index (χ1v) is 23.5. The second-order valence-corrected chi connectivity index (χ2v) is 29.2. The van der Waals surface area contributed by atoms with E-state index in [1.807, 2.05) is 7.89 Å². The first-order chi connectivity index (χ1) is 17.8. The van der Waals surface area contributed by atoms with Crippen molar-refractivity contribution in [3.8, 4) is 0 Å². The summed E-state index contributed by atoms with van der Waals surface area (Å²) in [5.41, 5.74) is 2.62. The van der Waals surface area contributed by atoms with Gasteiger partial charge >= 0.3 is 0 Å². The molecule has 0 nitrogen and oxygen atoms in total. The number of hydrogen-bond acceptors (Lipinski definition) is 1. The average Bonchev–Trinajstić information content (AvgIpc) is 3.20. The monoisotopic (exact) mass is 592 g/mol. The van der Waals surface area contributed by atoms with E-state index in [2.05, 4.69) is 44.1 Å². The van der Waals surface area contributed by atoms with Crippen molar-refractivity contribution < 1.29 is 0 Å². The average molecular weight is 593 g/mol. The van der Waals surface area contributed by atoms with Gasteiger partial charge in [0.1, 0.15) is 0 Å². The molecule has 0 aromatic carbocycles. The van der Waals surface area contributed by atoms with E-state index in [1.54, 1.807) is 89.9 Å². The second-order valence-electron chi connectivity index (χ2n) is 15.9. The molecule has 0 aromatic heterocycles. The van der Waals surface area contributed by atoms with Crippen molar-refractivity contribution >= 4 is 47.0 Å². The summed E-state index contributed by atoms with van der Waals surface area (Å²) in [6, 6.07) is 0. The highest BCUT2D eigenvalue weighted by molar-refractivity contribution is 8.77. The molecule has 0 amide bonds. The summed E-state index contributed by atoms with van der Waals surface area (Å²) in [7, 11) is 2.31. The Labute approximate surface area is 237 Å². The largest absolute Gasteiger partial charge is 0.114 e. The molecule has 4 aliphatic carbocycles. The summed E-state index contributed by atoms with van der Waals surface area (Å²) in [5.74, 6) is 0. The van der Waals surface area contributed by atoms with Crippen LogP contribution in [0.25, 0.3) is 0 Å². The number of hydrogen-bond donors (Lipinski definition) is 0. The first kappa shape index (κ1) is 26.4. The van der Waals surface area contributed by atoms with Crippen molar-refractivity contribution in [2.75, 3.05) is 0 Å². The summed E-state index contributed by atoms with van der Waals surface area (Å²) in [6.07, 6.45) is 31.1. The van der Waals surface area contributed by atoms with Crippen LogP contribution < -0.4 is 0 Å². The Kier molecular flexibility index (Phi) is 6.05. The highest BCUT2D eigenvalue weighted by Gasteiger charge is 3.06. The zero-order valence-electron chi connectivity index (χ0n) is 24.3. The van der Waals surface area contributed by atoms with Crippen LogP contribution in [0.1, 0.15) is 156 Å². The lowest BCUT2D eigenvalue weighted by Gasteiger charge is -2.53. The molecule has 5 heterocycles. The van der Waals surface area contributed by atoms with Crippen LogP contribution in [0, 0.1) is 21.7 Å². The van der Waals surface area contributed by atoms with E-state index in [0.717, 1.165) is 14.0 Å². The summed E-state index contributed by atoms with van der Waals surface area (Å²) in [6.45, 7) is 11.6. The van der Waals surface area contributed by atoms with Crippen molar-refractivity contribution in [2.45, 2.75) is 170 Å². The number of rotatable bonds is 4. The van der Waals surface area contributed by atoms with Crippen LogP contribution in [0.15, 0.2) is 0 Å². The van der Waals surface area contributed by atoms with Crippen molar-refractivity contribution in [1.82, 2.24) is 0 Å². The van der Waals surface area contributed by atoms with E-state index in [9.17, 15) is 0 Å². The molecule has 6 atom stereocenters. The molecule has 0 spiro atoms. The van der Waals surface area contributed by atoms with Gasteiger partial charge in [0.05, 0.1) is 9.13 Å². The van der Waals surface area contributed by atoms with E-state index < -0.39 is 0 Å². The Balaban J connectivity index is 1.37. The zero-order valence-corrected chi connectivity index (χ0v) is 28.7. The maximum absolute atomic E-state index is 2.94. The SMILES string of the molecule is CC1(C2=PP3[C@]4(C5(C)CCCCC5)SP5[C@@]3(C3(C)CCCCC3)[C@]5(C3(C)CCCCC3)P24)CCCCC1. The summed E-state index contributed by atoms with van der Waals surface area (Å²) in [4.78, 5) is 1.62. The molecule has 37 heavy (non-hydrogen) atoms. The Morgan fingerprint density at radius 2 is 0.973 bits per heavy atom. The zero-order chi connectivity index (χ0) is 25.4. The second kappa shape index (κ2) is 8.46. The molecule has 8 fully saturated rings. The molecular formula is C32H52P4S. The van der Waals surface area contributed by atoms with Gasteiger partial charge in [-0.25, -0.2) is 0 Å². The predicted molar refractivity (Wildman–Crippen MR) is 173 cm³/mol. The molecule has 5 aliphatic heterocycles. The molecule has 5 heteroatoms. The fourth-order valence-electron chi connectivity index (χ4n) is 11.7. The first-order valence-electron chi connectivity index (χ1n) is 16.5. The molecule has 9 aliphatic rings. The van der Waals surface area contributed by atoms with Crippen LogP contribution in [0.3, 0.4) is 0 Å². The lowest BCUT2D eigenvalue weighted by molar-refractivity contribution is 0.142. The Morgan fingerprint density at radius 1 is 0.541 bits per heavy atom. The van der Waals surface area contributed by atoms with Gasteiger partial charge in [-0.1, -0.05) is 113 Å². The van der Waals surface area contributed by atoms with E-state index in [1.165, 1.54) is 38.5 Å². The fraction of sp³-hybridized carbons (Fsp3) is 0.969. The predicted octanol–water partition coefficient (Wildman–Crippen LogP) is 13.1. The third kappa shape index (κ3) is 2.83. The van der Waals surface area contributed by atoms with Crippen molar-refractivity contribution in [2.24, 2.45) is 21.7 Å². The van der Waals surface area contributed by atoms with Crippen molar-refractivity contribution in [1.29, 1.82) is 0 Å². The highest BCUT2D eigenvalue weighted by Crippen LogP contribution is 3.32. The standard InChI is InChI=1S/C32H52P4S/c1-26(17-9-5-10-18-26)25-33-35-31(28(3)21-13-7-14-22-28)30(27(2)19-11-6-12-20-27)34(25)32(35,37-36(30)31)29(4)23-15-8-16-24-29/h5-24H2,1-4H3/t30-,31+,32-,34?,35?,36?/m1/s1. The van der Waals surface area contributed by atoms with Crippen LogP contribution in [0.4, 0.5) is 0 Å². The van der Waals surface area contributed by atoms with E-state index in [0.29, 0.717) is 21.7 Å². The van der Waals surface area contributed by atoms with E-state index in [4.69, 9.17) is 0 Å². The molecule has 4 saturated heterocycles. The van der Waals surface area contributed by atoms with Gasteiger partial charge < -0.3 is 0 Å². The molecule has 9 rings (SSSR count). The Morgan fingerprint density at radius 3 is 1.49 bits per heavy atom. The Hall–Kier alpha value is 1.81. The van der Waals surface area contributed by atoms with Gasteiger partial charge in [0, 0.05) is 4.90 Å². The third-order valence-corrected chi connectivity index (χ3v) is 40.7. The molecule has 6 bridgehead atoms. The van der Waals surface area contributed by atoms with Gasteiger partial charge in [0.2, 0.25) is 0 Å². The van der Waals surface area contributed by atoms with Crippen LogP contribution in [-0.2, 0) is 0 Å². The summed E-state index contributed by atoms with van der Waals surface area (Å²) < 4.78 is 0.738. The highest BCUT2D eigenvalue weighted by atomic mass is 32.7. The van der Waals surface area contributed by atoms with Crippen molar-refractivity contribution in [3.63, 3.8) is 0 Å². The van der Waals surface area contributed by atoms with Crippen LogP contribution in [-0.4, -0.2) is 19.1 Å². The minimum Gasteiger partial charge on any atom is -0.114 e. The van der Waals surface area contributed by atoms with Gasteiger partial charge in [-0.3, -0.25) is 0 Å². The smallest absolute Gasteiger partial charge is 0.0783 e. The summed E-state index contributed by atoms with van der Waals surface area (Å²) >= 11 is 2.84. The topological polar surface area (TPSA) is 0 Å². The minimum atomic E-state index is 0.0302.